The van der Waals surface area contributed by atoms with Crippen molar-refractivity contribution < 1.29 is 4.79 Å². The van der Waals surface area contributed by atoms with Gasteiger partial charge in [-0.2, -0.15) is 5.26 Å². The van der Waals surface area contributed by atoms with Gasteiger partial charge in [0.15, 0.2) is 0 Å². The molecule has 0 bridgehead atoms. The van der Waals surface area contributed by atoms with Gasteiger partial charge in [-0.15, -0.1) is 0 Å². The Balaban J connectivity index is 1.98. The van der Waals surface area contributed by atoms with Gasteiger partial charge in [-0.05, 0) is 31.4 Å². The van der Waals surface area contributed by atoms with E-state index in [-0.39, 0.29) is 12.5 Å². The Morgan fingerprint density at radius 3 is 2.94 bits per heavy atom. The van der Waals surface area contributed by atoms with Crippen molar-refractivity contribution in [2.24, 2.45) is 0 Å². The zero-order chi connectivity index (χ0) is 12.3. The average Bonchev–Trinajstić information content (AvgIpc) is 3.11. The summed E-state index contributed by atoms with van der Waals surface area (Å²) in [6, 6.07) is 7.99. The molecule has 1 amide bonds. The van der Waals surface area contributed by atoms with Crippen LogP contribution in [0.3, 0.4) is 0 Å². The molecule has 1 aliphatic carbocycles. The minimum atomic E-state index is -0.0142. The predicted molar refractivity (Wildman–Crippen MR) is 65.5 cm³/mol. The van der Waals surface area contributed by atoms with Crippen molar-refractivity contribution in [2.75, 3.05) is 11.9 Å². The summed E-state index contributed by atoms with van der Waals surface area (Å²) in [5.74, 6) is -0.0142. The van der Waals surface area contributed by atoms with Crippen LogP contribution >= 0.6 is 0 Å². The van der Waals surface area contributed by atoms with E-state index >= 15 is 0 Å². The Hall–Kier alpha value is -2.02. The van der Waals surface area contributed by atoms with Gasteiger partial charge in [0, 0.05) is 6.04 Å². The lowest BCUT2D eigenvalue weighted by Crippen LogP contribution is -2.31. The molecule has 4 heteroatoms. The highest BCUT2D eigenvalue weighted by atomic mass is 16.2. The molecule has 1 fully saturated rings. The molecule has 88 valence electrons. The minimum absolute atomic E-state index is 0.0142. The molecule has 0 heterocycles. The van der Waals surface area contributed by atoms with Crippen LogP contribution in [0.25, 0.3) is 0 Å². The fraction of sp³-hybridized carbons (Fsp3) is 0.385. The Morgan fingerprint density at radius 1 is 1.53 bits per heavy atom. The number of hydrogen-bond acceptors (Lipinski definition) is 3. The van der Waals surface area contributed by atoms with E-state index in [1.807, 2.05) is 19.1 Å². The maximum Gasteiger partial charge on any atom is 0.239 e. The van der Waals surface area contributed by atoms with E-state index in [0.717, 1.165) is 24.1 Å². The molecule has 0 atom stereocenters. The molecule has 0 aliphatic heterocycles. The third kappa shape index (κ3) is 2.97. The van der Waals surface area contributed by atoms with Crippen molar-refractivity contribution in [3.8, 4) is 6.07 Å². The summed E-state index contributed by atoms with van der Waals surface area (Å²) in [5.41, 5.74) is 2.30. The zero-order valence-electron chi connectivity index (χ0n) is 9.79. The van der Waals surface area contributed by atoms with E-state index in [4.69, 9.17) is 5.26 Å². The number of para-hydroxylation sites is 1. The number of amides is 1. The molecule has 1 aromatic carbocycles. The van der Waals surface area contributed by atoms with E-state index in [2.05, 4.69) is 16.7 Å². The fourth-order valence-electron chi connectivity index (χ4n) is 1.67. The fourth-order valence-corrected chi connectivity index (χ4v) is 1.67. The molecule has 0 spiro atoms. The molecule has 2 rings (SSSR count). The third-order valence-electron chi connectivity index (χ3n) is 2.76. The number of rotatable bonds is 4. The maximum absolute atomic E-state index is 11.5. The van der Waals surface area contributed by atoms with E-state index in [0.29, 0.717) is 11.6 Å². The summed E-state index contributed by atoms with van der Waals surface area (Å²) in [7, 11) is 0. The summed E-state index contributed by atoms with van der Waals surface area (Å²) < 4.78 is 0. The summed E-state index contributed by atoms with van der Waals surface area (Å²) >= 11 is 0. The molecular formula is C13H15N3O. The molecule has 0 radical (unpaired) electrons. The highest BCUT2D eigenvalue weighted by molar-refractivity contribution is 5.82. The van der Waals surface area contributed by atoms with Gasteiger partial charge < -0.3 is 10.6 Å². The Bertz CT molecular complexity index is 472. The third-order valence-corrected chi connectivity index (χ3v) is 2.76. The molecule has 1 aromatic rings. The van der Waals surface area contributed by atoms with Gasteiger partial charge in [-0.3, -0.25) is 4.79 Å². The topological polar surface area (TPSA) is 64.9 Å². The number of hydrogen-bond donors (Lipinski definition) is 2. The number of nitrogens with one attached hydrogen (secondary N) is 2. The second-order valence-electron chi connectivity index (χ2n) is 4.30. The largest absolute Gasteiger partial charge is 0.375 e. The number of aryl methyl sites for hydroxylation is 1. The molecule has 0 aromatic heterocycles. The van der Waals surface area contributed by atoms with Crippen LogP contribution in [0.4, 0.5) is 5.69 Å². The number of nitrogens with zero attached hydrogens (tertiary/aromatic N) is 1. The van der Waals surface area contributed by atoms with Crippen LogP contribution in [0.5, 0.6) is 0 Å². The Morgan fingerprint density at radius 2 is 2.29 bits per heavy atom. The Labute approximate surface area is 101 Å². The Kier molecular flexibility index (Phi) is 3.29. The molecule has 0 unspecified atom stereocenters. The number of nitriles is 1. The maximum atomic E-state index is 11.5. The summed E-state index contributed by atoms with van der Waals surface area (Å²) in [4.78, 5) is 11.5. The van der Waals surface area contributed by atoms with Crippen LogP contribution in [-0.4, -0.2) is 18.5 Å². The van der Waals surface area contributed by atoms with Gasteiger partial charge >= 0.3 is 0 Å². The molecule has 0 saturated heterocycles. The van der Waals surface area contributed by atoms with Crippen molar-refractivity contribution in [1.29, 1.82) is 5.26 Å². The van der Waals surface area contributed by atoms with E-state index in [1.165, 1.54) is 0 Å². The van der Waals surface area contributed by atoms with Crippen LogP contribution in [0.2, 0.25) is 0 Å². The van der Waals surface area contributed by atoms with Crippen molar-refractivity contribution >= 4 is 11.6 Å². The minimum Gasteiger partial charge on any atom is -0.375 e. The van der Waals surface area contributed by atoms with Crippen LogP contribution in [0.1, 0.15) is 24.0 Å². The highest BCUT2D eigenvalue weighted by Crippen LogP contribution is 2.20. The average molecular weight is 229 g/mol. The number of carbonyl (C=O) groups excluding carboxylic acids is 1. The summed E-state index contributed by atoms with van der Waals surface area (Å²) in [5, 5.41) is 14.9. The SMILES string of the molecule is Cc1cccc(C#N)c1NCC(=O)NC1CC1. The van der Waals surface area contributed by atoms with Crippen molar-refractivity contribution in [1.82, 2.24) is 5.32 Å². The van der Waals surface area contributed by atoms with Crippen LogP contribution in [0.15, 0.2) is 18.2 Å². The van der Waals surface area contributed by atoms with Gasteiger partial charge in [0.1, 0.15) is 6.07 Å². The molecule has 4 nitrogen and oxygen atoms in total. The number of anilines is 1. The number of carbonyl (C=O) groups is 1. The lowest BCUT2D eigenvalue weighted by Gasteiger charge is -2.11. The number of benzene rings is 1. The van der Waals surface area contributed by atoms with Gasteiger partial charge in [0.05, 0.1) is 17.8 Å². The van der Waals surface area contributed by atoms with Gasteiger partial charge in [-0.1, -0.05) is 12.1 Å². The second-order valence-corrected chi connectivity index (χ2v) is 4.30. The first-order chi connectivity index (χ1) is 8.20. The van der Waals surface area contributed by atoms with Gasteiger partial charge in [-0.25, -0.2) is 0 Å². The first kappa shape index (κ1) is 11.5. The molecule has 1 saturated carbocycles. The van der Waals surface area contributed by atoms with Crippen LogP contribution < -0.4 is 10.6 Å². The smallest absolute Gasteiger partial charge is 0.239 e. The van der Waals surface area contributed by atoms with E-state index < -0.39 is 0 Å². The lowest BCUT2D eigenvalue weighted by molar-refractivity contribution is -0.119. The second kappa shape index (κ2) is 4.88. The zero-order valence-corrected chi connectivity index (χ0v) is 9.79. The standard InChI is InChI=1S/C13H15N3O/c1-9-3-2-4-10(7-14)13(9)15-8-12(17)16-11-5-6-11/h2-4,11,15H,5-6,8H2,1H3,(H,16,17). The van der Waals surface area contributed by atoms with E-state index in [1.54, 1.807) is 6.07 Å². The summed E-state index contributed by atoms with van der Waals surface area (Å²) in [6.07, 6.45) is 2.17. The lowest BCUT2D eigenvalue weighted by atomic mass is 10.1. The molecule has 2 N–H and O–H groups in total. The summed E-state index contributed by atoms with van der Waals surface area (Å²) in [6.45, 7) is 2.14. The monoisotopic (exact) mass is 229 g/mol. The first-order valence-electron chi connectivity index (χ1n) is 5.73. The predicted octanol–water partition coefficient (Wildman–Crippen LogP) is 1.56. The van der Waals surface area contributed by atoms with Gasteiger partial charge in [0.2, 0.25) is 5.91 Å². The first-order valence-corrected chi connectivity index (χ1v) is 5.73. The molecule has 17 heavy (non-hydrogen) atoms. The molecular weight excluding hydrogens is 214 g/mol. The van der Waals surface area contributed by atoms with Crippen molar-refractivity contribution in [3.05, 3.63) is 29.3 Å². The molecule has 1 aliphatic rings. The van der Waals surface area contributed by atoms with Crippen LogP contribution in [0, 0.1) is 18.3 Å². The normalized spacial score (nSPS) is 13.9. The van der Waals surface area contributed by atoms with Gasteiger partial charge in [0.25, 0.3) is 0 Å². The van der Waals surface area contributed by atoms with Crippen molar-refractivity contribution in [2.45, 2.75) is 25.8 Å². The van der Waals surface area contributed by atoms with Crippen molar-refractivity contribution in [3.63, 3.8) is 0 Å². The van der Waals surface area contributed by atoms with E-state index in [9.17, 15) is 4.79 Å². The quantitative estimate of drug-likeness (QED) is 0.823. The highest BCUT2D eigenvalue weighted by Gasteiger charge is 2.22. The van der Waals surface area contributed by atoms with Crippen LogP contribution in [-0.2, 0) is 4.79 Å².